The summed E-state index contributed by atoms with van der Waals surface area (Å²) in [6, 6.07) is 13.6. The Morgan fingerprint density at radius 3 is 2.06 bits per heavy atom. The highest BCUT2D eigenvalue weighted by molar-refractivity contribution is 7.93. The number of carbonyl (C=O) groups is 1. The summed E-state index contributed by atoms with van der Waals surface area (Å²) >= 11 is 17.9. The van der Waals surface area contributed by atoms with E-state index in [9.17, 15) is 22.0 Å². The number of halogens is 5. The monoisotopic (exact) mass is 577 g/mol. The highest BCUT2D eigenvalue weighted by atomic mass is 35.5. The van der Waals surface area contributed by atoms with E-state index in [0.717, 1.165) is 4.31 Å². The van der Waals surface area contributed by atoms with Gasteiger partial charge in [-0.25, -0.2) is 12.7 Å². The third kappa shape index (κ3) is 6.39. The number of benzene rings is 3. The maximum absolute atomic E-state index is 14.9. The van der Waals surface area contributed by atoms with Crippen molar-refractivity contribution >= 4 is 62.0 Å². The van der Waals surface area contributed by atoms with E-state index in [4.69, 9.17) is 44.3 Å². The average Bonchev–Trinajstić information content (AvgIpc) is 2.82. The van der Waals surface area contributed by atoms with Crippen LogP contribution in [0, 0.1) is 0 Å². The van der Waals surface area contributed by atoms with E-state index in [1.807, 2.05) is 0 Å². The summed E-state index contributed by atoms with van der Waals surface area (Å²) in [4.78, 5) is 12.6. The summed E-state index contributed by atoms with van der Waals surface area (Å²) in [7, 11) is -1.93. The smallest absolute Gasteiger partial charge is 0.310 e. The van der Waals surface area contributed by atoms with Gasteiger partial charge >= 0.3 is 5.92 Å². The van der Waals surface area contributed by atoms with Gasteiger partial charge in [-0.3, -0.25) is 4.79 Å². The molecule has 0 spiro atoms. The highest BCUT2D eigenvalue weighted by Gasteiger charge is 2.42. The molecule has 36 heavy (non-hydrogen) atoms. The van der Waals surface area contributed by atoms with Gasteiger partial charge in [0.05, 0.1) is 35.6 Å². The topological polar surface area (TPSA) is 72.9 Å². The zero-order valence-corrected chi connectivity index (χ0v) is 22.1. The van der Waals surface area contributed by atoms with Gasteiger partial charge in [-0.15, -0.1) is 0 Å². The van der Waals surface area contributed by atoms with Crippen molar-refractivity contribution < 1.29 is 31.5 Å². The standard InChI is InChI=1S/C24H20Cl3F2NO5S/c1-34-21-10-3-15(11-22(21)35-2)13-24(28,29)23(31)14-36(32,33)30(17-6-4-16(25)5-7-17)18-8-9-19(26)20(27)12-18/h3-12H,13-14H2,1-2H3. The predicted molar refractivity (Wildman–Crippen MR) is 137 cm³/mol. The van der Waals surface area contributed by atoms with Crippen LogP contribution >= 0.6 is 34.8 Å². The second-order valence-corrected chi connectivity index (χ2v) is 10.7. The Bertz CT molecular complexity index is 1370. The van der Waals surface area contributed by atoms with Crippen LogP contribution in [0.5, 0.6) is 11.5 Å². The maximum atomic E-state index is 14.9. The van der Waals surface area contributed by atoms with Crippen LogP contribution in [0.4, 0.5) is 20.2 Å². The fourth-order valence-corrected chi connectivity index (χ4v) is 5.31. The largest absolute Gasteiger partial charge is 0.493 e. The molecule has 0 bridgehead atoms. The van der Waals surface area contributed by atoms with Crippen molar-refractivity contribution in [3.8, 4) is 11.5 Å². The van der Waals surface area contributed by atoms with Crippen LogP contribution in [0.1, 0.15) is 5.56 Å². The third-order valence-corrected chi connectivity index (χ3v) is 7.67. The fraction of sp³-hybridized carbons (Fsp3) is 0.208. The number of anilines is 2. The van der Waals surface area contributed by atoms with Gasteiger partial charge in [-0.2, -0.15) is 8.78 Å². The van der Waals surface area contributed by atoms with Crippen LogP contribution < -0.4 is 13.8 Å². The van der Waals surface area contributed by atoms with Crippen LogP contribution in [0.2, 0.25) is 15.1 Å². The summed E-state index contributed by atoms with van der Waals surface area (Å²) in [5, 5.41) is 0.516. The number of sulfonamides is 1. The lowest BCUT2D eigenvalue weighted by molar-refractivity contribution is -0.140. The molecule has 0 amide bonds. The van der Waals surface area contributed by atoms with Gasteiger partial charge in [0.15, 0.2) is 11.5 Å². The third-order valence-electron chi connectivity index (χ3n) is 5.07. The SMILES string of the molecule is COc1ccc(CC(F)(F)C(=O)CS(=O)(=O)N(c2ccc(Cl)cc2)c2ccc(Cl)c(Cl)c2)cc1OC. The molecule has 0 unspecified atom stereocenters. The Labute approximate surface area is 222 Å². The van der Waals surface area contributed by atoms with Gasteiger partial charge in [0, 0.05) is 11.4 Å². The first-order valence-electron chi connectivity index (χ1n) is 10.2. The van der Waals surface area contributed by atoms with Crippen LogP contribution in [-0.4, -0.2) is 40.1 Å². The second kappa shape index (κ2) is 11.2. The van der Waals surface area contributed by atoms with Crippen molar-refractivity contribution in [3.05, 3.63) is 81.3 Å². The quantitative estimate of drug-likeness (QED) is 0.272. The summed E-state index contributed by atoms with van der Waals surface area (Å²) in [5.74, 6) is -6.74. The summed E-state index contributed by atoms with van der Waals surface area (Å²) in [5.41, 5.74) is 0.124. The zero-order chi connectivity index (χ0) is 26.7. The number of ketones is 1. The number of methoxy groups -OCH3 is 2. The minimum absolute atomic E-state index is 0.00253. The summed E-state index contributed by atoms with van der Waals surface area (Å²) in [6.45, 7) is 0. The molecule has 0 N–H and O–H groups in total. The number of Topliss-reactive ketones (excluding diaryl/α,β-unsaturated/α-hetero) is 1. The Morgan fingerprint density at radius 2 is 1.47 bits per heavy atom. The van der Waals surface area contributed by atoms with Crippen LogP contribution in [0.25, 0.3) is 0 Å². The average molecular weight is 579 g/mol. The molecule has 3 rings (SSSR count). The van der Waals surface area contributed by atoms with E-state index in [0.29, 0.717) is 10.8 Å². The number of rotatable bonds is 10. The van der Waals surface area contributed by atoms with Gasteiger partial charge in [-0.1, -0.05) is 40.9 Å². The number of hydrogen-bond acceptors (Lipinski definition) is 5. The molecular formula is C24H20Cl3F2NO5S. The molecule has 0 aromatic heterocycles. The molecule has 0 saturated heterocycles. The van der Waals surface area contributed by atoms with E-state index in [1.165, 1.54) is 74.9 Å². The Kier molecular flexibility index (Phi) is 8.71. The van der Waals surface area contributed by atoms with Crippen molar-refractivity contribution in [2.24, 2.45) is 0 Å². The molecule has 0 heterocycles. The number of carbonyl (C=O) groups excluding carboxylic acids is 1. The van der Waals surface area contributed by atoms with E-state index in [-0.39, 0.29) is 32.7 Å². The molecule has 0 aliphatic carbocycles. The molecule has 0 saturated carbocycles. The number of ether oxygens (including phenoxy) is 2. The predicted octanol–water partition coefficient (Wildman–Crippen LogP) is 6.58. The molecule has 0 radical (unpaired) electrons. The van der Waals surface area contributed by atoms with E-state index < -0.39 is 33.9 Å². The molecular weight excluding hydrogens is 559 g/mol. The number of hydrogen-bond donors (Lipinski definition) is 0. The molecule has 0 aliphatic heterocycles. The first-order chi connectivity index (χ1) is 16.9. The van der Waals surface area contributed by atoms with Crippen molar-refractivity contribution in [1.82, 2.24) is 0 Å². The van der Waals surface area contributed by atoms with Crippen molar-refractivity contribution in [2.45, 2.75) is 12.3 Å². The number of alkyl halides is 2. The van der Waals surface area contributed by atoms with Crippen molar-refractivity contribution in [1.29, 1.82) is 0 Å². The lowest BCUT2D eigenvalue weighted by Gasteiger charge is -2.26. The first-order valence-corrected chi connectivity index (χ1v) is 13.0. The Balaban J connectivity index is 1.93. The van der Waals surface area contributed by atoms with Crippen LogP contribution in [0.15, 0.2) is 60.7 Å². The molecule has 0 atom stereocenters. The number of nitrogens with zero attached hydrogens (tertiary/aromatic N) is 1. The molecule has 0 aliphatic rings. The van der Waals surface area contributed by atoms with Gasteiger partial charge in [0.2, 0.25) is 15.8 Å². The van der Waals surface area contributed by atoms with Gasteiger partial charge in [0.1, 0.15) is 5.75 Å². The minimum Gasteiger partial charge on any atom is -0.493 e. The van der Waals surface area contributed by atoms with Gasteiger partial charge in [0.25, 0.3) is 0 Å². The zero-order valence-electron chi connectivity index (χ0n) is 19.0. The minimum atomic E-state index is -4.65. The van der Waals surface area contributed by atoms with Crippen LogP contribution in [-0.2, 0) is 21.2 Å². The maximum Gasteiger partial charge on any atom is 0.310 e. The van der Waals surface area contributed by atoms with Crippen molar-refractivity contribution in [2.75, 3.05) is 24.3 Å². The van der Waals surface area contributed by atoms with Crippen LogP contribution in [0.3, 0.4) is 0 Å². The molecule has 12 heteroatoms. The Hall–Kier alpha value is -2.59. The van der Waals surface area contributed by atoms with E-state index >= 15 is 0 Å². The highest BCUT2D eigenvalue weighted by Crippen LogP contribution is 2.36. The molecule has 0 fully saturated rings. The fourth-order valence-electron chi connectivity index (χ4n) is 3.34. The summed E-state index contributed by atoms with van der Waals surface area (Å²) in [6.07, 6.45) is -1.03. The lowest BCUT2D eigenvalue weighted by Crippen LogP contribution is -2.40. The van der Waals surface area contributed by atoms with Gasteiger partial charge < -0.3 is 9.47 Å². The van der Waals surface area contributed by atoms with Crippen molar-refractivity contribution in [3.63, 3.8) is 0 Å². The second-order valence-electron chi connectivity index (χ2n) is 7.59. The molecule has 192 valence electrons. The lowest BCUT2D eigenvalue weighted by atomic mass is 10.0. The molecule has 3 aromatic carbocycles. The molecule has 6 nitrogen and oxygen atoms in total. The van der Waals surface area contributed by atoms with Gasteiger partial charge in [-0.05, 0) is 60.2 Å². The molecule has 3 aromatic rings. The van der Waals surface area contributed by atoms with E-state index in [1.54, 1.807) is 0 Å². The normalized spacial score (nSPS) is 11.8. The first kappa shape index (κ1) is 28.0. The van der Waals surface area contributed by atoms with E-state index in [2.05, 4.69) is 0 Å². The Morgan fingerprint density at radius 1 is 0.861 bits per heavy atom. The summed E-state index contributed by atoms with van der Waals surface area (Å²) < 4.78 is 67.4.